The third-order valence-corrected chi connectivity index (χ3v) is 11.3. The Kier molecular flexibility index (Phi) is 5.91. The molecule has 12 heteroatoms. The first kappa shape index (κ1) is 28.1. The molecule has 2 saturated carbocycles. The van der Waals surface area contributed by atoms with Crippen LogP contribution in [-0.4, -0.2) is 89.7 Å². The summed E-state index contributed by atoms with van der Waals surface area (Å²) in [6.45, 7) is 5.50. The number of nitrogens with zero attached hydrogens (tertiary/aromatic N) is 6. The predicted molar refractivity (Wildman–Crippen MR) is 170 cm³/mol. The van der Waals surface area contributed by atoms with Crippen molar-refractivity contribution in [3.63, 3.8) is 0 Å². The zero-order chi connectivity index (χ0) is 31.6. The first-order chi connectivity index (χ1) is 22.2. The number of nitrogens with one attached hydrogen (secondary N) is 1. The number of nitrogens with two attached hydrogens (primary N) is 1. The summed E-state index contributed by atoms with van der Waals surface area (Å²) in [5, 5.41) is 13.6. The number of aryl methyl sites for hydroxylation is 1. The van der Waals surface area contributed by atoms with E-state index in [2.05, 4.69) is 26.9 Å². The third-order valence-electron chi connectivity index (χ3n) is 11.3. The molecule has 3 amide bonds. The van der Waals surface area contributed by atoms with Gasteiger partial charge < -0.3 is 35.3 Å². The number of likely N-dealkylation sites (tertiary alicyclic amines) is 1. The smallest absolute Gasteiger partial charge is 0.318 e. The second-order valence-corrected chi connectivity index (χ2v) is 14.3. The first-order valence-corrected chi connectivity index (χ1v) is 16.6. The number of hydrogen-bond acceptors (Lipinski definition) is 7. The maximum Gasteiger partial charge on any atom is 0.318 e. The highest BCUT2D eigenvalue weighted by atomic mass is 16.5. The fourth-order valence-electron chi connectivity index (χ4n) is 8.60. The summed E-state index contributed by atoms with van der Waals surface area (Å²) < 4.78 is 10.1. The summed E-state index contributed by atoms with van der Waals surface area (Å²) in [6.07, 6.45) is 4.86. The number of pyridine rings is 2. The molecule has 4 N–H and O–H groups in total. The van der Waals surface area contributed by atoms with Gasteiger partial charge in [-0.1, -0.05) is 0 Å². The lowest BCUT2D eigenvalue weighted by Gasteiger charge is -2.36. The van der Waals surface area contributed by atoms with Crippen molar-refractivity contribution in [1.29, 1.82) is 0 Å². The van der Waals surface area contributed by atoms with E-state index < -0.39 is 6.10 Å². The Balaban J connectivity index is 1.09. The number of carbonyl (C=O) groups is 2. The van der Waals surface area contributed by atoms with Gasteiger partial charge in [-0.15, -0.1) is 0 Å². The standard InChI is InChI=1S/C34H40N8O4/c1-17(36-33(45)39-15-24(43)16-39)25-7-6-20-8-26(40(31(20)37-25)14-19-4-5-19)30-18(2)41-28(38-30)9-21(10-29(41)46-3)32(44)42-23-11-22-13-34(22,42)27(35)12-23/h6-10,17,19,22-24,27,43H,4-5,11-16,35H2,1-3H3,(H,36,45)/t17-,22+,23+,27-,34?/m1/s1. The largest absolute Gasteiger partial charge is 0.482 e. The van der Waals surface area contributed by atoms with Gasteiger partial charge in [-0.05, 0) is 82.1 Å². The van der Waals surface area contributed by atoms with Crippen molar-refractivity contribution in [2.75, 3.05) is 20.2 Å². The minimum Gasteiger partial charge on any atom is -0.482 e. The summed E-state index contributed by atoms with van der Waals surface area (Å²) in [5.74, 6) is 1.71. The number of carbonyl (C=O) groups excluding carboxylic acids is 2. The lowest BCUT2D eigenvalue weighted by Crippen LogP contribution is -2.56. The monoisotopic (exact) mass is 624 g/mol. The van der Waals surface area contributed by atoms with Crippen LogP contribution in [-0.2, 0) is 6.54 Å². The number of imidazole rings is 1. The van der Waals surface area contributed by atoms with Gasteiger partial charge >= 0.3 is 6.03 Å². The summed E-state index contributed by atoms with van der Waals surface area (Å²) >= 11 is 0. The Morgan fingerprint density at radius 1 is 1.17 bits per heavy atom. The minimum atomic E-state index is -0.445. The van der Waals surface area contributed by atoms with Crippen LogP contribution in [0.5, 0.6) is 5.88 Å². The van der Waals surface area contributed by atoms with Crippen molar-refractivity contribution < 1.29 is 19.4 Å². The molecular weight excluding hydrogens is 584 g/mol. The molecule has 5 fully saturated rings. The molecular formula is C34H40N8O4. The van der Waals surface area contributed by atoms with E-state index in [9.17, 15) is 14.7 Å². The van der Waals surface area contributed by atoms with E-state index in [1.165, 1.54) is 12.8 Å². The molecule has 1 unspecified atom stereocenters. The predicted octanol–water partition coefficient (Wildman–Crippen LogP) is 3.23. The molecule has 1 spiro atoms. The van der Waals surface area contributed by atoms with E-state index in [0.29, 0.717) is 42.0 Å². The molecule has 5 aliphatic rings. The molecule has 2 aliphatic carbocycles. The van der Waals surface area contributed by atoms with Crippen molar-refractivity contribution in [3.05, 3.63) is 47.3 Å². The van der Waals surface area contributed by atoms with Crippen molar-refractivity contribution in [3.8, 4) is 17.3 Å². The average Bonchev–Trinajstić information content (AvgIpc) is 3.87. The molecule has 4 aromatic heterocycles. The number of amides is 3. The van der Waals surface area contributed by atoms with Crippen molar-refractivity contribution in [2.24, 2.45) is 17.6 Å². The number of aliphatic hydroxyl groups is 1. The van der Waals surface area contributed by atoms with Crippen molar-refractivity contribution >= 4 is 28.6 Å². The number of β-amino-alcohol motifs (C(OH)–C–C–N with tert-alkyl or cyclic N) is 1. The van der Waals surface area contributed by atoms with Gasteiger partial charge in [0, 0.05) is 35.6 Å². The summed E-state index contributed by atoms with van der Waals surface area (Å²) in [5.41, 5.74) is 12.0. The summed E-state index contributed by atoms with van der Waals surface area (Å²) in [7, 11) is 1.63. The highest BCUT2D eigenvalue weighted by Crippen LogP contribution is 2.65. The third kappa shape index (κ3) is 3.98. The van der Waals surface area contributed by atoms with E-state index in [1.54, 1.807) is 12.0 Å². The number of ether oxygens (including phenoxy) is 1. The second-order valence-electron chi connectivity index (χ2n) is 14.3. The number of hydrogen-bond donors (Lipinski definition) is 3. The van der Waals surface area contributed by atoms with Crippen LogP contribution in [0.25, 0.3) is 28.1 Å². The fourth-order valence-corrected chi connectivity index (χ4v) is 8.60. The molecule has 3 saturated heterocycles. The van der Waals surface area contributed by atoms with Crippen molar-refractivity contribution in [1.82, 2.24) is 34.1 Å². The molecule has 240 valence electrons. The van der Waals surface area contributed by atoms with Crippen LogP contribution in [0.4, 0.5) is 4.79 Å². The SMILES string of the molecule is COc1cc(C(=O)N2[C@H]3C[C@H]4CC42[C@H](N)C3)cc2nc(-c3cc4ccc([C@@H](C)NC(=O)N5CC(O)C5)nc4n3CC3CC3)c(C)n12. The highest BCUT2D eigenvalue weighted by molar-refractivity contribution is 5.97. The van der Waals surface area contributed by atoms with Crippen LogP contribution in [0.15, 0.2) is 30.3 Å². The van der Waals surface area contributed by atoms with E-state index >= 15 is 0 Å². The zero-order valence-electron chi connectivity index (χ0n) is 26.4. The molecule has 5 atom stereocenters. The van der Waals surface area contributed by atoms with Crippen LogP contribution < -0.4 is 15.8 Å². The van der Waals surface area contributed by atoms with E-state index in [0.717, 1.165) is 59.6 Å². The van der Waals surface area contributed by atoms with Gasteiger partial charge in [0.2, 0.25) is 0 Å². The molecule has 0 aromatic carbocycles. The first-order valence-electron chi connectivity index (χ1n) is 16.6. The lowest BCUT2D eigenvalue weighted by molar-refractivity contribution is 0.0259. The minimum absolute atomic E-state index is 0.0204. The van der Waals surface area contributed by atoms with E-state index in [1.807, 2.05) is 36.4 Å². The molecule has 0 radical (unpaired) electrons. The number of piperidine rings is 1. The zero-order valence-corrected chi connectivity index (χ0v) is 26.4. The maximum absolute atomic E-state index is 14.0. The van der Waals surface area contributed by atoms with Gasteiger partial charge in [-0.25, -0.2) is 14.8 Å². The maximum atomic E-state index is 14.0. The summed E-state index contributed by atoms with van der Waals surface area (Å²) in [4.78, 5) is 40.5. The molecule has 4 aromatic rings. The van der Waals surface area contributed by atoms with Gasteiger partial charge in [0.1, 0.15) is 17.0 Å². The van der Waals surface area contributed by atoms with Gasteiger partial charge in [0.25, 0.3) is 5.91 Å². The van der Waals surface area contributed by atoms with Crippen LogP contribution in [0.1, 0.15) is 66.8 Å². The van der Waals surface area contributed by atoms with Crippen LogP contribution in [0.3, 0.4) is 0 Å². The normalized spacial score (nSPS) is 27.3. The van der Waals surface area contributed by atoms with Gasteiger partial charge in [-0.3, -0.25) is 9.20 Å². The quantitative estimate of drug-likeness (QED) is 0.287. The summed E-state index contributed by atoms with van der Waals surface area (Å²) in [6, 6.07) is 9.67. The molecule has 3 aliphatic heterocycles. The van der Waals surface area contributed by atoms with Gasteiger partial charge in [0.05, 0.1) is 55.0 Å². The fraction of sp³-hybridized carbons (Fsp3) is 0.529. The van der Waals surface area contributed by atoms with Crippen LogP contribution >= 0.6 is 0 Å². The number of urea groups is 1. The Morgan fingerprint density at radius 2 is 1.98 bits per heavy atom. The molecule has 12 nitrogen and oxygen atoms in total. The van der Waals surface area contributed by atoms with Crippen molar-refractivity contribution in [2.45, 2.75) is 82.3 Å². The van der Waals surface area contributed by atoms with E-state index in [-0.39, 0.29) is 35.6 Å². The second kappa shape index (κ2) is 9.68. The Labute approximate surface area is 266 Å². The Morgan fingerprint density at radius 3 is 2.67 bits per heavy atom. The topological polar surface area (TPSA) is 143 Å². The lowest BCUT2D eigenvalue weighted by atomic mass is 9.96. The van der Waals surface area contributed by atoms with E-state index in [4.69, 9.17) is 20.4 Å². The Hall–Kier alpha value is -4.16. The average molecular weight is 625 g/mol. The number of fused-ring (bicyclic) bond motifs is 3. The molecule has 9 rings (SSSR count). The molecule has 7 heterocycles. The number of rotatable bonds is 7. The van der Waals surface area contributed by atoms with Gasteiger partial charge in [-0.2, -0.15) is 0 Å². The van der Waals surface area contributed by atoms with Crippen LogP contribution in [0.2, 0.25) is 0 Å². The molecule has 2 bridgehead atoms. The number of aromatic nitrogens is 4. The highest BCUT2D eigenvalue weighted by Gasteiger charge is 2.73. The van der Waals surface area contributed by atoms with Gasteiger partial charge in [0.15, 0.2) is 5.88 Å². The van der Waals surface area contributed by atoms with Crippen LogP contribution in [0, 0.1) is 18.8 Å². The number of methoxy groups -OCH3 is 1. The Bertz CT molecular complexity index is 1940. The molecule has 46 heavy (non-hydrogen) atoms. The number of aliphatic hydroxyl groups excluding tert-OH is 1.